The minimum atomic E-state index is -1.91. The maximum atomic E-state index is 12.7. The molecule has 0 saturated carbocycles. The molecule has 6 heteroatoms. The predicted octanol–water partition coefficient (Wildman–Crippen LogP) is 2.02. The van der Waals surface area contributed by atoms with Crippen molar-refractivity contribution >= 4 is 11.7 Å². The molecular weight excluding hydrogens is 217 g/mol. The molecule has 0 spiro atoms. The van der Waals surface area contributed by atoms with Crippen LogP contribution >= 0.6 is 0 Å². The molecule has 0 saturated heterocycles. The first-order valence-corrected chi connectivity index (χ1v) is 4.27. The Morgan fingerprint density at radius 2 is 2.06 bits per heavy atom. The van der Waals surface area contributed by atoms with Crippen molar-refractivity contribution in [2.45, 2.75) is 6.17 Å². The monoisotopic (exact) mass is 225 g/mol. The number of non-ortho nitro benzene ring substituents is 1. The van der Waals surface area contributed by atoms with Gasteiger partial charge in [-0.15, -0.1) is 0 Å². The van der Waals surface area contributed by atoms with Crippen LogP contribution in [0.15, 0.2) is 36.9 Å². The number of nitro groups is 1. The van der Waals surface area contributed by atoms with Gasteiger partial charge in [-0.1, -0.05) is 6.58 Å². The summed E-state index contributed by atoms with van der Waals surface area (Å²) in [5.74, 6) is -1.07. The van der Waals surface area contributed by atoms with Gasteiger partial charge >= 0.3 is 5.97 Å². The zero-order valence-electron chi connectivity index (χ0n) is 8.13. The third-order valence-corrected chi connectivity index (χ3v) is 1.70. The summed E-state index contributed by atoms with van der Waals surface area (Å²) in [6, 6.07) is 4.74. The van der Waals surface area contributed by atoms with Gasteiger partial charge in [0.25, 0.3) is 5.69 Å². The number of halogens is 1. The molecule has 1 aromatic rings. The molecule has 0 N–H and O–H groups in total. The Morgan fingerprint density at radius 1 is 1.50 bits per heavy atom. The number of carbonyl (C=O) groups excluding carboxylic acids is 1. The number of nitrogens with zero attached hydrogens (tertiary/aromatic N) is 1. The number of carbonyl (C=O) groups is 1. The number of nitro benzene ring substituents is 1. The summed E-state index contributed by atoms with van der Waals surface area (Å²) >= 11 is 0. The summed E-state index contributed by atoms with van der Waals surface area (Å²) < 4.78 is 17.3. The first kappa shape index (κ1) is 11.8. The van der Waals surface area contributed by atoms with Crippen molar-refractivity contribution in [1.29, 1.82) is 0 Å². The van der Waals surface area contributed by atoms with Gasteiger partial charge < -0.3 is 4.74 Å². The van der Waals surface area contributed by atoms with E-state index in [2.05, 4.69) is 11.3 Å². The third-order valence-electron chi connectivity index (χ3n) is 1.70. The Kier molecular flexibility index (Phi) is 3.71. The topological polar surface area (TPSA) is 69.4 Å². The van der Waals surface area contributed by atoms with E-state index in [9.17, 15) is 19.3 Å². The molecule has 0 aliphatic carbocycles. The Bertz CT molecular complexity index is 415. The van der Waals surface area contributed by atoms with E-state index in [0.29, 0.717) is 0 Å². The number of alkyl halides is 1. The van der Waals surface area contributed by atoms with Gasteiger partial charge in [0.15, 0.2) is 0 Å². The van der Waals surface area contributed by atoms with Crippen LogP contribution in [0, 0.1) is 10.1 Å². The predicted molar refractivity (Wildman–Crippen MR) is 53.8 cm³/mol. The highest BCUT2D eigenvalue weighted by molar-refractivity contribution is 5.78. The highest BCUT2D eigenvalue weighted by Gasteiger charge is 2.16. The van der Waals surface area contributed by atoms with Crippen molar-refractivity contribution in [1.82, 2.24) is 0 Å². The van der Waals surface area contributed by atoms with Gasteiger partial charge in [-0.3, -0.25) is 10.1 Å². The second kappa shape index (κ2) is 5.01. The molecular formula is C10H8FNO4. The minimum Gasteiger partial charge on any atom is -0.424 e. The lowest BCUT2D eigenvalue weighted by atomic mass is 10.3. The fourth-order valence-electron chi connectivity index (χ4n) is 0.905. The van der Waals surface area contributed by atoms with Gasteiger partial charge in [-0.2, -0.15) is 0 Å². The molecule has 5 nitrogen and oxygen atoms in total. The van der Waals surface area contributed by atoms with Crippen LogP contribution < -0.4 is 4.74 Å². The number of ether oxygens (including phenoxy) is 1. The SMILES string of the molecule is C=CC(F)C(=O)Oc1ccc([N+](=O)[O-])cc1. The van der Waals surface area contributed by atoms with Gasteiger partial charge in [0.1, 0.15) is 5.75 Å². The van der Waals surface area contributed by atoms with Crippen molar-refractivity contribution in [2.75, 3.05) is 0 Å². The molecule has 0 heterocycles. The molecule has 1 rings (SSSR count). The number of esters is 1. The Labute approximate surface area is 90.3 Å². The smallest absolute Gasteiger partial charge is 0.350 e. The van der Waals surface area contributed by atoms with E-state index in [1.165, 1.54) is 12.1 Å². The Morgan fingerprint density at radius 3 is 2.50 bits per heavy atom. The quantitative estimate of drug-likeness (QED) is 0.258. The van der Waals surface area contributed by atoms with Gasteiger partial charge in [-0.05, 0) is 18.2 Å². The van der Waals surface area contributed by atoms with E-state index in [1.54, 1.807) is 0 Å². The second-order valence-electron chi connectivity index (χ2n) is 2.81. The van der Waals surface area contributed by atoms with Gasteiger partial charge in [0.2, 0.25) is 6.17 Å². The summed E-state index contributed by atoms with van der Waals surface area (Å²) in [6.07, 6.45) is -1.11. The van der Waals surface area contributed by atoms with Crippen LogP contribution in [0.2, 0.25) is 0 Å². The van der Waals surface area contributed by atoms with Crippen LogP contribution in [-0.4, -0.2) is 17.1 Å². The van der Waals surface area contributed by atoms with E-state index in [-0.39, 0.29) is 11.4 Å². The fourth-order valence-corrected chi connectivity index (χ4v) is 0.905. The largest absolute Gasteiger partial charge is 0.424 e. The van der Waals surface area contributed by atoms with Crippen LogP contribution in [0.4, 0.5) is 10.1 Å². The highest BCUT2D eigenvalue weighted by atomic mass is 19.1. The lowest BCUT2D eigenvalue weighted by molar-refractivity contribution is -0.384. The first-order chi connectivity index (χ1) is 7.54. The van der Waals surface area contributed by atoms with Crippen molar-refractivity contribution in [3.05, 3.63) is 47.0 Å². The lowest BCUT2D eigenvalue weighted by Gasteiger charge is -2.04. The lowest BCUT2D eigenvalue weighted by Crippen LogP contribution is -2.19. The second-order valence-corrected chi connectivity index (χ2v) is 2.81. The van der Waals surface area contributed by atoms with Gasteiger partial charge in [0.05, 0.1) is 4.92 Å². The van der Waals surface area contributed by atoms with Crippen LogP contribution in [0.1, 0.15) is 0 Å². The van der Waals surface area contributed by atoms with E-state index in [4.69, 9.17) is 0 Å². The summed E-state index contributed by atoms with van der Waals surface area (Å²) in [7, 11) is 0. The third kappa shape index (κ3) is 2.88. The first-order valence-electron chi connectivity index (χ1n) is 4.27. The zero-order chi connectivity index (χ0) is 12.1. The van der Waals surface area contributed by atoms with Crippen LogP contribution in [-0.2, 0) is 4.79 Å². The van der Waals surface area contributed by atoms with E-state index in [1.807, 2.05) is 0 Å². The number of hydrogen-bond donors (Lipinski definition) is 0. The maximum Gasteiger partial charge on any atom is 0.350 e. The average molecular weight is 225 g/mol. The molecule has 0 amide bonds. The Hall–Kier alpha value is -2.24. The molecule has 0 bridgehead atoms. The number of hydrogen-bond acceptors (Lipinski definition) is 4. The van der Waals surface area contributed by atoms with Gasteiger partial charge in [0, 0.05) is 12.1 Å². The fraction of sp³-hybridized carbons (Fsp3) is 0.100. The summed E-state index contributed by atoms with van der Waals surface area (Å²) in [4.78, 5) is 20.7. The molecule has 16 heavy (non-hydrogen) atoms. The van der Waals surface area contributed by atoms with Crippen molar-refractivity contribution in [3.63, 3.8) is 0 Å². The highest BCUT2D eigenvalue weighted by Crippen LogP contribution is 2.17. The van der Waals surface area contributed by atoms with Gasteiger partial charge in [-0.25, -0.2) is 9.18 Å². The number of rotatable bonds is 4. The van der Waals surface area contributed by atoms with E-state index in [0.717, 1.165) is 18.2 Å². The zero-order valence-corrected chi connectivity index (χ0v) is 8.13. The molecule has 1 unspecified atom stereocenters. The van der Waals surface area contributed by atoms with Crippen LogP contribution in [0.3, 0.4) is 0 Å². The van der Waals surface area contributed by atoms with Crippen molar-refractivity contribution in [3.8, 4) is 5.75 Å². The molecule has 1 atom stereocenters. The molecule has 0 aliphatic rings. The van der Waals surface area contributed by atoms with Crippen LogP contribution in [0.5, 0.6) is 5.75 Å². The van der Waals surface area contributed by atoms with E-state index < -0.39 is 17.1 Å². The van der Waals surface area contributed by atoms with Crippen molar-refractivity contribution in [2.24, 2.45) is 0 Å². The maximum absolute atomic E-state index is 12.7. The normalized spacial score (nSPS) is 11.6. The van der Waals surface area contributed by atoms with Crippen molar-refractivity contribution < 1.29 is 18.8 Å². The average Bonchev–Trinajstić information content (AvgIpc) is 2.28. The molecule has 0 aromatic heterocycles. The summed E-state index contributed by atoms with van der Waals surface area (Å²) in [5, 5.41) is 10.3. The van der Waals surface area contributed by atoms with E-state index >= 15 is 0 Å². The minimum absolute atomic E-state index is 0.0418. The molecule has 0 fully saturated rings. The Balaban J connectivity index is 2.72. The summed E-state index contributed by atoms with van der Waals surface area (Å²) in [6.45, 7) is 3.10. The van der Waals surface area contributed by atoms with Crippen LogP contribution in [0.25, 0.3) is 0 Å². The standard InChI is InChI=1S/C10H8FNO4/c1-2-9(11)10(13)16-8-5-3-7(4-6-8)12(14)15/h2-6,9H,1H2. The number of benzene rings is 1. The summed E-state index contributed by atoms with van der Waals surface area (Å²) in [5.41, 5.74) is -0.139. The molecule has 0 radical (unpaired) electrons. The molecule has 1 aromatic carbocycles. The molecule has 0 aliphatic heterocycles. The molecule has 84 valence electrons.